The Balaban J connectivity index is 1.33. The quantitative estimate of drug-likeness (QED) is 0.412. The highest BCUT2D eigenvalue weighted by atomic mass is 16.5. The molecule has 9 heteroatoms. The van der Waals surface area contributed by atoms with Crippen molar-refractivity contribution in [2.24, 2.45) is 0 Å². The number of nitrogens with two attached hydrogens (primary N) is 1. The number of benzene rings is 2. The highest BCUT2D eigenvalue weighted by Crippen LogP contribution is 2.31. The van der Waals surface area contributed by atoms with Gasteiger partial charge in [-0.1, -0.05) is 18.2 Å². The van der Waals surface area contributed by atoms with E-state index in [9.17, 15) is 9.59 Å². The van der Waals surface area contributed by atoms with Crippen molar-refractivity contribution in [1.29, 1.82) is 0 Å². The van der Waals surface area contributed by atoms with Gasteiger partial charge in [-0.3, -0.25) is 9.55 Å². The summed E-state index contributed by atoms with van der Waals surface area (Å²) in [6.45, 7) is 3.06. The molecule has 1 fully saturated rings. The van der Waals surface area contributed by atoms with Gasteiger partial charge >= 0.3 is 11.7 Å². The molecule has 0 atom stereocenters. The number of aromatic nitrogens is 3. The molecule has 0 aliphatic carbocycles. The van der Waals surface area contributed by atoms with Crippen molar-refractivity contribution in [3.8, 4) is 16.9 Å². The summed E-state index contributed by atoms with van der Waals surface area (Å²) in [5, 5.41) is 2.95. The lowest BCUT2D eigenvalue weighted by Crippen LogP contribution is -2.42. The molecule has 2 amide bonds. The Morgan fingerprint density at radius 3 is 2.71 bits per heavy atom. The maximum absolute atomic E-state index is 13.0. The van der Waals surface area contributed by atoms with Crippen molar-refractivity contribution in [3.63, 3.8) is 0 Å². The summed E-state index contributed by atoms with van der Waals surface area (Å²) in [6.07, 6.45) is 4.70. The minimum Gasteiger partial charge on any atom is -0.496 e. The monoisotopic (exact) mass is 472 g/mol. The van der Waals surface area contributed by atoms with E-state index in [2.05, 4.69) is 15.3 Å². The molecule has 9 nitrogen and oxygen atoms in total. The first kappa shape index (κ1) is 22.5. The van der Waals surface area contributed by atoms with Gasteiger partial charge in [0.25, 0.3) is 0 Å². The second-order valence-corrected chi connectivity index (χ2v) is 8.84. The van der Waals surface area contributed by atoms with Crippen molar-refractivity contribution in [1.82, 2.24) is 19.4 Å². The van der Waals surface area contributed by atoms with Crippen molar-refractivity contribution >= 4 is 28.4 Å². The molecule has 1 aliphatic heterocycles. The van der Waals surface area contributed by atoms with E-state index in [-0.39, 0.29) is 17.8 Å². The van der Waals surface area contributed by atoms with Gasteiger partial charge in [-0.15, -0.1) is 0 Å². The molecule has 3 heterocycles. The third-order valence-corrected chi connectivity index (χ3v) is 6.60. The molecule has 4 aromatic rings. The molecule has 1 aliphatic rings. The molecule has 0 spiro atoms. The highest BCUT2D eigenvalue weighted by Gasteiger charge is 2.27. The Labute approximate surface area is 202 Å². The summed E-state index contributed by atoms with van der Waals surface area (Å²) in [5.41, 5.74) is 11.4. The molecule has 5 rings (SSSR count). The van der Waals surface area contributed by atoms with Gasteiger partial charge in [-0.25, -0.2) is 9.59 Å². The van der Waals surface area contributed by atoms with Crippen LogP contribution in [0.4, 0.5) is 16.2 Å². The van der Waals surface area contributed by atoms with Gasteiger partial charge in [0, 0.05) is 54.4 Å². The Morgan fingerprint density at radius 2 is 1.97 bits per heavy atom. The van der Waals surface area contributed by atoms with Crippen LogP contribution < -0.4 is 21.5 Å². The SMILES string of the molecule is COc1cc(NC(=O)N2CCC(n3c(=O)[nH]c4c(-c5cncc(N)c5)cccc43)CC2)ccc1C. The molecule has 2 aromatic carbocycles. The summed E-state index contributed by atoms with van der Waals surface area (Å²) in [5.74, 6) is 0.730. The van der Waals surface area contributed by atoms with Gasteiger partial charge in [0.15, 0.2) is 0 Å². The Morgan fingerprint density at radius 1 is 1.17 bits per heavy atom. The van der Waals surface area contributed by atoms with Crippen LogP contribution in [-0.4, -0.2) is 45.7 Å². The number of urea groups is 1. The molecule has 0 unspecified atom stereocenters. The number of pyridine rings is 1. The number of carbonyl (C=O) groups is 1. The molecule has 2 aromatic heterocycles. The number of nitrogens with one attached hydrogen (secondary N) is 2. The molecule has 180 valence electrons. The number of piperidine rings is 1. The first-order valence-electron chi connectivity index (χ1n) is 11.6. The molecule has 0 bridgehead atoms. The smallest absolute Gasteiger partial charge is 0.326 e. The normalized spacial score (nSPS) is 14.3. The summed E-state index contributed by atoms with van der Waals surface area (Å²) in [6, 6.07) is 13.1. The lowest BCUT2D eigenvalue weighted by molar-refractivity contribution is 0.184. The van der Waals surface area contributed by atoms with E-state index in [1.165, 1.54) is 0 Å². The molecule has 0 radical (unpaired) electrons. The van der Waals surface area contributed by atoms with E-state index >= 15 is 0 Å². The fraction of sp³-hybridized carbons (Fsp3) is 0.269. The molecular weight excluding hydrogens is 444 g/mol. The van der Waals surface area contributed by atoms with Gasteiger partial charge in [0.2, 0.25) is 0 Å². The Bertz CT molecular complexity index is 1450. The van der Waals surface area contributed by atoms with Crippen LogP contribution in [0.5, 0.6) is 5.75 Å². The van der Waals surface area contributed by atoms with E-state index in [1.54, 1.807) is 24.4 Å². The average molecular weight is 473 g/mol. The number of aromatic amines is 1. The van der Waals surface area contributed by atoms with Gasteiger partial charge < -0.3 is 25.7 Å². The van der Waals surface area contributed by atoms with Crippen molar-refractivity contribution in [3.05, 3.63) is 70.9 Å². The lowest BCUT2D eigenvalue weighted by Gasteiger charge is -2.32. The maximum Gasteiger partial charge on any atom is 0.326 e. The fourth-order valence-electron chi connectivity index (χ4n) is 4.78. The second kappa shape index (κ2) is 9.17. The lowest BCUT2D eigenvalue weighted by atomic mass is 10.0. The number of nitrogens with zero attached hydrogens (tertiary/aromatic N) is 3. The first-order chi connectivity index (χ1) is 16.9. The van der Waals surface area contributed by atoms with Crippen LogP contribution in [0, 0.1) is 6.92 Å². The van der Waals surface area contributed by atoms with Crippen LogP contribution in [0.1, 0.15) is 24.4 Å². The number of rotatable bonds is 4. The number of hydrogen-bond donors (Lipinski definition) is 3. The number of H-pyrrole nitrogens is 1. The summed E-state index contributed by atoms with van der Waals surface area (Å²) >= 11 is 0. The van der Waals surface area contributed by atoms with E-state index < -0.39 is 0 Å². The highest BCUT2D eigenvalue weighted by molar-refractivity contribution is 5.92. The molecule has 1 saturated heterocycles. The second-order valence-electron chi connectivity index (χ2n) is 8.84. The number of methoxy groups -OCH3 is 1. The van der Waals surface area contributed by atoms with Gasteiger partial charge in [-0.2, -0.15) is 0 Å². The number of ether oxygens (including phenoxy) is 1. The van der Waals surface area contributed by atoms with Crippen LogP contribution in [0.2, 0.25) is 0 Å². The van der Waals surface area contributed by atoms with E-state index in [1.807, 2.05) is 54.0 Å². The van der Waals surface area contributed by atoms with Gasteiger partial charge in [0.05, 0.1) is 23.8 Å². The Kier molecular flexibility index (Phi) is 5.90. The minimum absolute atomic E-state index is 0.00557. The summed E-state index contributed by atoms with van der Waals surface area (Å²) in [7, 11) is 1.61. The van der Waals surface area contributed by atoms with Crippen molar-refractivity contribution in [2.75, 3.05) is 31.2 Å². The number of amides is 2. The van der Waals surface area contributed by atoms with Gasteiger partial charge in [-0.05, 0) is 43.5 Å². The fourth-order valence-corrected chi connectivity index (χ4v) is 4.78. The number of aryl methyl sites for hydroxylation is 1. The van der Waals surface area contributed by atoms with Crippen LogP contribution in [0.25, 0.3) is 22.2 Å². The predicted molar refractivity (Wildman–Crippen MR) is 137 cm³/mol. The number of hydrogen-bond acceptors (Lipinski definition) is 5. The predicted octanol–water partition coefficient (Wildman–Crippen LogP) is 4.16. The van der Waals surface area contributed by atoms with Gasteiger partial charge in [0.1, 0.15) is 5.75 Å². The van der Waals surface area contributed by atoms with Crippen LogP contribution in [0.15, 0.2) is 59.7 Å². The molecule has 35 heavy (non-hydrogen) atoms. The first-order valence-corrected chi connectivity index (χ1v) is 11.6. The standard InChI is InChI=1S/C26H28N6O3/c1-16-6-7-19(13-23(16)35-2)29-25(33)31-10-8-20(9-11-31)32-22-5-3-4-21(24(22)30-26(32)34)17-12-18(27)15-28-14-17/h3-7,12-15,20H,8-11,27H2,1-2H3,(H,29,33)(H,30,34). The molecule has 0 saturated carbocycles. The zero-order chi connectivity index (χ0) is 24.5. The number of fused-ring (bicyclic) bond motifs is 1. The largest absolute Gasteiger partial charge is 0.496 e. The Hall–Kier alpha value is -4.27. The van der Waals surface area contributed by atoms with Crippen LogP contribution >= 0.6 is 0 Å². The van der Waals surface area contributed by atoms with Crippen molar-refractivity contribution < 1.29 is 9.53 Å². The number of imidazole rings is 1. The number of para-hydroxylation sites is 1. The maximum atomic E-state index is 13.0. The number of carbonyl (C=O) groups excluding carboxylic acids is 1. The molecule has 4 N–H and O–H groups in total. The van der Waals surface area contributed by atoms with E-state index in [0.29, 0.717) is 37.3 Å². The topological polar surface area (TPSA) is 118 Å². The zero-order valence-corrected chi connectivity index (χ0v) is 19.7. The third kappa shape index (κ3) is 4.32. The van der Waals surface area contributed by atoms with Crippen LogP contribution in [-0.2, 0) is 0 Å². The number of nitrogen functional groups attached to an aromatic ring is 1. The summed E-state index contributed by atoms with van der Waals surface area (Å²) in [4.78, 5) is 34.8. The van der Waals surface area contributed by atoms with E-state index in [4.69, 9.17) is 10.5 Å². The average Bonchev–Trinajstić information content (AvgIpc) is 3.21. The minimum atomic E-state index is -0.155. The van der Waals surface area contributed by atoms with Crippen LogP contribution in [0.3, 0.4) is 0 Å². The van der Waals surface area contributed by atoms with E-state index in [0.717, 1.165) is 33.5 Å². The number of likely N-dealkylation sites (tertiary alicyclic amines) is 1. The van der Waals surface area contributed by atoms with Crippen molar-refractivity contribution in [2.45, 2.75) is 25.8 Å². The third-order valence-electron chi connectivity index (χ3n) is 6.60. The zero-order valence-electron chi connectivity index (χ0n) is 19.7. The summed E-state index contributed by atoms with van der Waals surface area (Å²) < 4.78 is 7.17. The molecular formula is C26H28N6O3. The number of anilines is 2.